The van der Waals surface area contributed by atoms with Crippen molar-refractivity contribution in [3.8, 4) is 0 Å². The van der Waals surface area contributed by atoms with E-state index in [2.05, 4.69) is 24.4 Å². The minimum Gasteiger partial charge on any atom is -0.383 e. The lowest BCUT2D eigenvalue weighted by Crippen LogP contribution is -2.24. The molecule has 1 saturated carbocycles. The molecule has 100 valence electrons. The largest absolute Gasteiger partial charge is 0.383 e. The van der Waals surface area contributed by atoms with Crippen molar-refractivity contribution in [2.45, 2.75) is 25.2 Å². The second-order valence-electron chi connectivity index (χ2n) is 5.11. The topological polar surface area (TPSA) is 21.3 Å². The van der Waals surface area contributed by atoms with Crippen molar-refractivity contribution in [2.24, 2.45) is 5.92 Å². The molecule has 1 aromatic rings. The Morgan fingerprint density at radius 1 is 1.39 bits per heavy atom. The molecule has 0 aromatic heterocycles. The molecule has 0 radical (unpaired) electrons. The molecule has 0 amide bonds. The van der Waals surface area contributed by atoms with E-state index in [0.717, 1.165) is 30.6 Å². The average Bonchev–Trinajstić information content (AvgIpc) is 3.10. The third-order valence-corrected chi connectivity index (χ3v) is 4.41. The van der Waals surface area contributed by atoms with Crippen LogP contribution in [0, 0.1) is 5.92 Å². The first-order valence-electron chi connectivity index (χ1n) is 6.68. The van der Waals surface area contributed by atoms with Gasteiger partial charge in [0.25, 0.3) is 0 Å². The molecule has 0 aliphatic heterocycles. The molecule has 2 unspecified atom stereocenters. The van der Waals surface area contributed by atoms with E-state index in [-0.39, 0.29) is 0 Å². The number of methoxy groups -OCH3 is 1. The van der Waals surface area contributed by atoms with Gasteiger partial charge in [0.05, 0.1) is 6.61 Å². The number of rotatable bonds is 7. The lowest BCUT2D eigenvalue weighted by Gasteiger charge is -2.16. The highest BCUT2D eigenvalue weighted by atomic mass is 35.5. The fraction of sp³-hybridized carbons (Fsp3) is 0.600. The third-order valence-electron chi connectivity index (χ3n) is 4.16. The molecule has 2 nitrogen and oxygen atoms in total. The summed E-state index contributed by atoms with van der Waals surface area (Å²) in [7, 11) is 1.74. The maximum absolute atomic E-state index is 5.95. The van der Waals surface area contributed by atoms with Gasteiger partial charge in [0.15, 0.2) is 0 Å². The van der Waals surface area contributed by atoms with Crippen LogP contribution in [-0.2, 0) is 10.2 Å². The van der Waals surface area contributed by atoms with E-state index < -0.39 is 0 Å². The minimum atomic E-state index is 0.380. The summed E-state index contributed by atoms with van der Waals surface area (Å²) in [6, 6.07) is 8.37. The maximum atomic E-state index is 5.95. The molecule has 1 aliphatic rings. The zero-order chi connectivity index (χ0) is 13.0. The fourth-order valence-corrected chi connectivity index (χ4v) is 3.00. The van der Waals surface area contributed by atoms with Crippen molar-refractivity contribution in [2.75, 3.05) is 26.8 Å². The maximum Gasteiger partial charge on any atom is 0.0587 e. The molecule has 1 fully saturated rings. The van der Waals surface area contributed by atoms with Crippen LogP contribution >= 0.6 is 11.6 Å². The van der Waals surface area contributed by atoms with Gasteiger partial charge >= 0.3 is 0 Å². The molecule has 18 heavy (non-hydrogen) atoms. The Bertz CT molecular complexity index is 379. The zero-order valence-electron chi connectivity index (χ0n) is 11.2. The summed E-state index contributed by atoms with van der Waals surface area (Å²) < 4.78 is 5.04. The predicted octanol–water partition coefficient (Wildman–Crippen LogP) is 3.24. The quantitative estimate of drug-likeness (QED) is 0.766. The Kier molecular flexibility index (Phi) is 4.66. The highest BCUT2D eigenvalue weighted by molar-refractivity contribution is 6.30. The molecule has 3 heteroatoms. The van der Waals surface area contributed by atoms with Gasteiger partial charge in [-0.15, -0.1) is 0 Å². The van der Waals surface area contributed by atoms with Gasteiger partial charge in [-0.1, -0.05) is 30.7 Å². The minimum absolute atomic E-state index is 0.380. The van der Waals surface area contributed by atoms with E-state index in [9.17, 15) is 0 Å². The van der Waals surface area contributed by atoms with Gasteiger partial charge in [-0.3, -0.25) is 0 Å². The molecule has 1 aromatic carbocycles. The molecule has 0 heterocycles. The molecule has 2 atom stereocenters. The number of hydrogen-bond donors (Lipinski definition) is 1. The van der Waals surface area contributed by atoms with Gasteiger partial charge in [0.1, 0.15) is 0 Å². The molecular formula is C15H22ClNO. The van der Waals surface area contributed by atoms with E-state index in [4.69, 9.17) is 16.3 Å². The lowest BCUT2D eigenvalue weighted by molar-refractivity contribution is 0.199. The summed E-state index contributed by atoms with van der Waals surface area (Å²) in [5, 5.41) is 4.29. The zero-order valence-corrected chi connectivity index (χ0v) is 12.0. The van der Waals surface area contributed by atoms with Gasteiger partial charge < -0.3 is 10.1 Å². The van der Waals surface area contributed by atoms with Crippen LogP contribution < -0.4 is 5.32 Å². The average molecular weight is 268 g/mol. The van der Waals surface area contributed by atoms with E-state index >= 15 is 0 Å². The Labute approximate surface area is 115 Å². The van der Waals surface area contributed by atoms with Crippen LogP contribution in [0.2, 0.25) is 5.02 Å². The fourth-order valence-electron chi connectivity index (χ4n) is 2.87. The van der Waals surface area contributed by atoms with E-state index in [1.807, 2.05) is 12.1 Å². The number of nitrogens with one attached hydrogen (secondary N) is 1. The third kappa shape index (κ3) is 2.87. The second kappa shape index (κ2) is 6.05. The molecule has 0 bridgehead atoms. The van der Waals surface area contributed by atoms with Crippen LogP contribution in [0.3, 0.4) is 0 Å². The van der Waals surface area contributed by atoms with Crippen LogP contribution in [-0.4, -0.2) is 26.8 Å². The molecular weight excluding hydrogens is 246 g/mol. The van der Waals surface area contributed by atoms with Crippen LogP contribution in [0.25, 0.3) is 0 Å². The monoisotopic (exact) mass is 267 g/mol. The Morgan fingerprint density at radius 2 is 2.11 bits per heavy atom. The number of halogens is 1. The van der Waals surface area contributed by atoms with Crippen molar-refractivity contribution < 1.29 is 4.74 Å². The Morgan fingerprint density at radius 3 is 2.72 bits per heavy atom. The van der Waals surface area contributed by atoms with E-state index in [0.29, 0.717) is 5.41 Å². The molecule has 1 N–H and O–H groups in total. The van der Waals surface area contributed by atoms with Gasteiger partial charge in [-0.05, 0) is 48.4 Å². The van der Waals surface area contributed by atoms with Crippen molar-refractivity contribution in [1.82, 2.24) is 5.32 Å². The smallest absolute Gasteiger partial charge is 0.0587 e. The van der Waals surface area contributed by atoms with Gasteiger partial charge in [0, 0.05) is 18.7 Å². The Balaban J connectivity index is 1.92. The van der Waals surface area contributed by atoms with Crippen molar-refractivity contribution in [3.63, 3.8) is 0 Å². The second-order valence-corrected chi connectivity index (χ2v) is 5.55. The van der Waals surface area contributed by atoms with Gasteiger partial charge in [-0.25, -0.2) is 0 Å². The van der Waals surface area contributed by atoms with E-state index in [1.54, 1.807) is 7.11 Å². The lowest BCUT2D eigenvalue weighted by atomic mass is 9.90. The highest BCUT2D eigenvalue weighted by Crippen LogP contribution is 2.56. The summed E-state index contributed by atoms with van der Waals surface area (Å²) in [4.78, 5) is 0. The summed E-state index contributed by atoms with van der Waals surface area (Å²) in [6.45, 7) is 5.09. The van der Waals surface area contributed by atoms with Gasteiger partial charge in [-0.2, -0.15) is 0 Å². The first-order valence-corrected chi connectivity index (χ1v) is 7.06. The molecule has 0 spiro atoms. The van der Waals surface area contributed by atoms with Crippen LogP contribution in [0.5, 0.6) is 0 Å². The number of benzene rings is 1. The van der Waals surface area contributed by atoms with Crippen LogP contribution in [0.4, 0.5) is 0 Å². The van der Waals surface area contributed by atoms with Gasteiger partial charge in [0.2, 0.25) is 0 Å². The summed E-state index contributed by atoms with van der Waals surface area (Å²) in [5.74, 6) is 0.750. The first kappa shape index (κ1) is 13.9. The van der Waals surface area contributed by atoms with Crippen molar-refractivity contribution in [1.29, 1.82) is 0 Å². The summed E-state index contributed by atoms with van der Waals surface area (Å²) >= 11 is 5.95. The van der Waals surface area contributed by atoms with Crippen LogP contribution in [0.1, 0.15) is 25.3 Å². The standard InChI is InChI=1S/C15H22ClNO/c1-3-15(12-4-6-14(16)7-5-12)10-13(15)11-17-8-9-18-2/h4-7,13,17H,3,8-11H2,1-2H3. The SMILES string of the molecule is CCC1(c2ccc(Cl)cc2)CC1CNCCOC. The normalized spacial score (nSPS) is 26.3. The van der Waals surface area contributed by atoms with Crippen molar-refractivity contribution in [3.05, 3.63) is 34.9 Å². The molecule has 2 rings (SSSR count). The van der Waals surface area contributed by atoms with Crippen molar-refractivity contribution >= 4 is 11.6 Å². The van der Waals surface area contributed by atoms with E-state index in [1.165, 1.54) is 18.4 Å². The number of hydrogen-bond acceptors (Lipinski definition) is 2. The Hall–Kier alpha value is -0.570. The summed E-state index contributed by atoms with van der Waals surface area (Å²) in [5.41, 5.74) is 1.82. The first-order chi connectivity index (χ1) is 8.73. The highest BCUT2D eigenvalue weighted by Gasteiger charge is 2.52. The van der Waals surface area contributed by atoms with Crippen LogP contribution in [0.15, 0.2) is 24.3 Å². The molecule has 1 aliphatic carbocycles. The number of ether oxygens (including phenoxy) is 1. The molecule has 0 saturated heterocycles. The predicted molar refractivity (Wildman–Crippen MR) is 76.3 cm³/mol. The summed E-state index contributed by atoms with van der Waals surface area (Å²) in [6.07, 6.45) is 2.48.